The molecule has 0 unspecified atom stereocenters. The van der Waals surface area contributed by atoms with Crippen LogP contribution in [0.25, 0.3) is 16.9 Å². The summed E-state index contributed by atoms with van der Waals surface area (Å²) >= 11 is 6.17. The first-order chi connectivity index (χ1) is 11.5. The van der Waals surface area contributed by atoms with E-state index in [9.17, 15) is 5.11 Å². The fourth-order valence-electron chi connectivity index (χ4n) is 2.45. The lowest BCUT2D eigenvalue weighted by Crippen LogP contribution is -2.18. The third kappa shape index (κ3) is 3.02. The molecule has 0 saturated carbocycles. The van der Waals surface area contributed by atoms with Gasteiger partial charge >= 0.3 is 0 Å². The molecule has 7 heteroatoms. The summed E-state index contributed by atoms with van der Waals surface area (Å²) in [6, 6.07) is 7.05. The number of nitrogens with zero attached hydrogens (tertiary/aromatic N) is 4. The molecular formula is C17H19ClN4O2. The van der Waals surface area contributed by atoms with Crippen LogP contribution >= 0.6 is 11.6 Å². The van der Waals surface area contributed by atoms with Gasteiger partial charge < -0.3 is 9.84 Å². The van der Waals surface area contributed by atoms with E-state index in [1.165, 1.54) is 0 Å². The normalized spacial score (nSPS) is 13.7. The van der Waals surface area contributed by atoms with Gasteiger partial charge in [0.25, 0.3) is 0 Å². The summed E-state index contributed by atoms with van der Waals surface area (Å²) in [6.45, 7) is 3.64. The van der Waals surface area contributed by atoms with E-state index in [1.54, 1.807) is 35.7 Å². The first kappa shape index (κ1) is 16.5. The number of hydrogen-bond acceptors (Lipinski definition) is 4. The van der Waals surface area contributed by atoms with Gasteiger partial charge in [-0.05, 0) is 38.1 Å². The summed E-state index contributed by atoms with van der Waals surface area (Å²) in [7, 11) is 1.61. The number of halogens is 1. The van der Waals surface area contributed by atoms with Crippen molar-refractivity contribution in [3.63, 3.8) is 0 Å². The molecule has 24 heavy (non-hydrogen) atoms. The van der Waals surface area contributed by atoms with Crippen molar-refractivity contribution in [1.82, 2.24) is 19.6 Å². The number of ether oxygens (including phenoxy) is 1. The van der Waals surface area contributed by atoms with Crippen LogP contribution in [0, 0.1) is 0 Å². The maximum Gasteiger partial charge on any atom is 0.128 e. The molecule has 2 aromatic heterocycles. The molecule has 0 spiro atoms. The largest absolute Gasteiger partial charge is 0.496 e. The molecule has 0 aliphatic rings. The molecule has 1 aromatic carbocycles. The fraction of sp³-hybridized carbons (Fsp3) is 0.294. The highest BCUT2D eigenvalue weighted by molar-refractivity contribution is 6.31. The standard InChI is InChI=1S/C17H19ClN4O2/c1-11(12(2)23)22-10-15(21-8-4-7-19-21)17(20-22)14-9-13(18)5-6-16(14)24-3/h4-12,23H,1-3H3/t11-,12+/m0/s1. The summed E-state index contributed by atoms with van der Waals surface area (Å²) in [6.07, 6.45) is 4.87. The molecule has 0 aliphatic heterocycles. The van der Waals surface area contributed by atoms with Crippen LogP contribution < -0.4 is 4.74 Å². The lowest BCUT2D eigenvalue weighted by Gasteiger charge is -2.14. The highest BCUT2D eigenvalue weighted by atomic mass is 35.5. The molecule has 0 amide bonds. The zero-order valence-electron chi connectivity index (χ0n) is 13.7. The zero-order valence-corrected chi connectivity index (χ0v) is 14.5. The van der Waals surface area contributed by atoms with Gasteiger partial charge in [0.05, 0.1) is 25.5 Å². The second-order valence-corrected chi connectivity index (χ2v) is 6.06. The summed E-state index contributed by atoms with van der Waals surface area (Å²) in [5.74, 6) is 0.669. The number of hydrogen-bond donors (Lipinski definition) is 1. The average Bonchev–Trinajstić information content (AvgIpc) is 3.23. The highest BCUT2D eigenvalue weighted by Gasteiger charge is 2.21. The summed E-state index contributed by atoms with van der Waals surface area (Å²) < 4.78 is 8.92. The molecule has 0 bridgehead atoms. The molecule has 2 atom stereocenters. The fourth-order valence-corrected chi connectivity index (χ4v) is 2.62. The Balaban J connectivity index is 2.21. The summed E-state index contributed by atoms with van der Waals surface area (Å²) in [4.78, 5) is 0. The van der Waals surface area contributed by atoms with Crippen LogP contribution in [-0.4, -0.2) is 37.9 Å². The molecular weight excluding hydrogens is 328 g/mol. The SMILES string of the molecule is COc1ccc(Cl)cc1-c1nn([C@@H](C)[C@@H](C)O)cc1-n1cccn1. The van der Waals surface area contributed by atoms with Crippen molar-refractivity contribution in [3.8, 4) is 22.7 Å². The Hall–Kier alpha value is -2.31. The molecule has 1 N–H and O–H groups in total. The second-order valence-electron chi connectivity index (χ2n) is 5.62. The van der Waals surface area contributed by atoms with E-state index in [2.05, 4.69) is 10.2 Å². The number of aromatic nitrogens is 4. The van der Waals surface area contributed by atoms with E-state index in [-0.39, 0.29) is 6.04 Å². The van der Waals surface area contributed by atoms with Crippen LogP contribution in [-0.2, 0) is 0 Å². The Morgan fingerprint density at radius 2 is 2.08 bits per heavy atom. The Morgan fingerprint density at radius 3 is 2.71 bits per heavy atom. The van der Waals surface area contributed by atoms with E-state index in [4.69, 9.17) is 16.3 Å². The monoisotopic (exact) mass is 346 g/mol. The van der Waals surface area contributed by atoms with Gasteiger partial charge in [-0.3, -0.25) is 4.68 Å². The maximum atomic E-state index is 9.89. The number of aliphatic hydroxyl groups excluding tert-OH is 1. The number of methoxy groups -OCH3 is 1. The Bertz CT molecular complexity index is 827. The molecule has 126 valence electrons. The van der Waals surface area contributed by atoms with Crippen molar-refractivity contribution in [1.29, 1.82) is 0 Å². The Morgan fingerprint density at radius 1 is 1.29 bits per heavy atom. The lowest BCUT2D eigenvalue weighted by molar-refractivity contribution is 0.132. The number of aliphatic hydroxyl groups is 1. The molecule has 6 nitrogen and oxygen atoms in total. The van der Waals surface area contributed by atoms with Crippen molar-refractivity contribution in [2.75, 3.05) is 7.11 Å². The van der Waals surface area contributed by atoms with E-state index in [1.807, 2.05) is 37.5 Å². The number of rotatable bonds is 5. The molecule has 0 radical (unpaired) electrons. The van der Waals surface area contributed by atoms with Gasteiger partial charge in [-0.2, -0.15) is 10.2 Å². The first-order valence-electron chi connectivity index (χ1n) is 7.62. The van der Waals surface area contributed by atoms with Crippen molar-refractivity contribution in [2.45, 2.75) is 26.0 Å². The minimum absolute atomic E-state index is 0.182. The minimum atomic E-state index is -0.538. The molecule has 3 rings (SSSR count). The van der Waals surface area contributed by atoms with Crippen LogP contribution in [0.1, 0.15) is 19.9 Å². The van der Waals surface area contributed by atoms with Gasteiger partial charge in [0.1, 0.15) is 17.1 Å². The van der Waals surface area contributed by atoms with E-state index >= 15 is 0 Å². The van der Waals surface area contributed by atoms with Gasteiger partial charge in [-0.25, -0.2) is 4.68 Å². The number of benzene rings is 1. The quantitative estimate of drug-likeness (QED) is 0.769. The van der Waals surface area contributed by atoms with Gasteiger partial charge in [0.2, 0.25) is 0 Å². The van der Waals surface area contributed by atoms with Crippen LogP contribution in [0.4, 0.5) is 0 Å². The van der Waals surface area contributed by atoms with Gasteiger partial charge in [-0.15, -0.1) is 0 Å². The van der Waals surface area contributed by atoms with Crippen molar-refractivity contribution in [2.24, 2.45) is 0 Å². The van der Waals surface area contributed by atoms with E-state index in [0.29, 0.717) is 16.5 Å². The van der Waals surface area contributed by atoms with Gasteiger partial charge in [-0.1, -0.05) is 11.6 Å². The van der Waals surface area contributed by atoms with E-state index in [0.717, 1.165) is 11.3 Å². The van der Waals surface area contributed by atoms with Crippen molar-refractivity contribution >= 4 is 11.6 Å². The predicted molar refractivity (Wildman–Crippen MR) is 92.7 cm³/mol. The first-order valence-corrected chi connectivity index (χ1v) is 8.00. The third-order valence-corrected chi connectivity index (χ3v) is 4.23. The lowest BCUT2D eigenvalue weighted by atomic mass is 10.1. The topological polar surface area (TPSA) is 65.1 Å². The summed E-state index contributed by atoms with van der Waals surface area (Å²) in [5, 5.41) is 19.4. The van der Waals surface area contributed by atoms with Crippen LogP contribution in [0.2, 0.25) is 5.02 Å². The van der Waals surface area contributed by atoms with Gasteiger partial charge in [0.15, 0.2) is 0 Å². The second kappa shape index (κ2) is 6.67. The molecule has 3 aromatic rings. The minimum Gasteiger partial charge on any atom is -0.496 e. The van der Waals surface area contributed by atoms with E-state index < -0.39 is 6.10 Å². The highest BCUT2D eigenvalue weighted by Crippen LogP contribution is 2.35. The van der Waals surface area contributed by atoms with Crippen LogP contribution in [0.3, 0.4) is 0 Å². The predicted octanol–water partition coefficient (Wildman–Crippen LogP) is 3.34. The zero-order chi connectivity index (χ0) is 17.3. The van der Waals surface area contributed by atoms with Crippen molar-refractivity contribution in [3.05, 3.63) is 47.9 Å². The summed E-state index contributed by atoms with van der Waals surface area (Å²) in [5.41, 5.74) is 2.24. The molecule has 2 heterocycles. The average molecular weight is 347 g/mol. The Kier molecular flexibility index (Phi) is 4.59. The molecule has 0 saturated heterocycles. The van der Waals surface area contributed by atoms with Crippen LogP contribution in [0.5, 0.6) is 5.75 Å². The molecule has 0 aliphatic carbocycles. The maximum absolute atomic E-state index is 9.89. The molecule has 0 fully saturated rings. The van der Waals surface area contributed by atoms with Gasteiger partial charge in [0, 0.05) is 23.0 Å². The Labute approximate surface area is 145 Å². The van der Waals surface area contributed by atoms with Crippen molar-refractivity contribution < 1.29 is 9.84 Å². The smallest absolute Gasteiger partial charge is 0.128 e. The van der Waals surface area contributed by atoms with Crippen LogP contribution in [0.15, 0.2) is 42.9 Å². The third-order valence-electron chi connectivity index (χ3n) is 4.00.